The van der Waals surface area contributed by atoms with Crippen LogP contribution in [-0.4, -0.2) is 45.1 Å². The summed E-state index contributed by atoms with van der Waals surface area (Å²) in [4.78, 5) is 29.1. The molecule has 0 unspecified atom stereocenters. The van der Waals surface area contributed by atoms with Crippen molar-refractivity contribution in [3.8, 4) is 0 Å². The predicted octanol–water partition coefficient (Wildman–Crippen LogP) is 3.78. The lowest BCUT2D eigenvalue weighted by molar-refractivity contribution is -0.125. The second-order valence-electron chi connectivity index (χ2n) is 9.27. The van der Waals surface area contributed by atoms with E-state index in [1.165, 1.54) is 50.5 Å². The zero-order valence-corrected chi connectivity index (χ0v) is 18.5. The van der Waals surface area contributed by atoms with Gasteiger partial charge in [0.15, 0.2) is 17.0 Å². The van der Waals surface area contributed by atoms with Gasteiger partial charge < -0.3 is 14.8 Å². The topological polar surface area (TPSA) is 75.9 Å². The number of aryl methyl sites for hydroxylation is 2. The van der Waals surface area contributed by atoms with E-state index < -0.39 is 0 Å². The molecule has 1 fully saturated rings. The molecule has 0 atom stereocenters. The number of allylic oxidation sites excluding steroid dienone is 1. The number of aromatic nitrogens is 4. The second-order valence-corrected chi connectivity index (χ2v) is 9.27. The van der Waals surface area contributed by atoms with Crippen LogP contribution in [0.3, 0.4) is 0 Å². The van der Waals surface area contributed by atoms with E-state index in [1.54, 1.807) is 6.33 Å². The maximum atomic E-state index is 12.7. The SMILES string of the molecule is O=C(NCCC1=CCCCC1)C1CCN(c2ncnc3c2nc2n3CCCCC2)CC1. The van der Waals surface area contributed by atoms with E-state index in [4.69, 9.17) is 4.98 Å². The number of piperidine rings is 1. The molecule has 1 aliphatic carbocycles. The number of hydrogen-bond donors (Lipinski definition) is 1. The number of nitrogens with one attached hydrogen (secondary N) is 1. The zero-order valence-electron chi connectivity index (χ0n) is 18.5. The van der Waals surface area contributed by atoms with E-state index in [9.17, 15) is 4.79 Å². The van der Waals surface area contributed by atoms with Gasteiger partial charge in [-0.1, -0.05) is 18.1 Å². The Bertz CT molecular complexity index is 956. The van der Waals surface area contributed by atoms with Crippen molar-refractivity contribution in [3.05, 3.63) is 23.8 Å². The summed E-state index contributed by atoms with van der Waals surface area (Å²) < 4.78 is 2.29. The highest BCUT2D eigenvalue weighted by atomic mass is 16.1. The number of amides is 1. The van der Waals surface area contributed by atoms with Crippen molar-refractivity contribution in [2.45, 2.75) is 77.2 Å². The lowest BCUT2D eigenvalue weighted by atomic mass is 9.95. The molecule has 0 aromatic carbocycles. The van der Waals surface area contributed by atoms with E-state index in [0.717, 1.165) is 74.7 Å². The maximum absolute atomic E-state index is 12.7. The number of nitrogens with zero attached hydrogens (tertiary/aromatic N) is 5. The van der Waals surface area contributed by atoms with Crippen molar-refractivity contribution >= 4 is 22.9 Å². The number of anilines is 1. The van der Waals surface area contributed by atoms with Crippen LogP contribution in [0.1, 0.15) is 70.0 Å². The van der Waals surface area contributed by atoms with Crippen molar-refractivity contribution in [1.29, 1.82) is 0 Å². The fraction of sp³-hybridized carbons (Fsp3) is 0.667. The Morgan fingerprint density at radius 3 is 2.74 bits per heavy atom. The van der Waals surface area contributed by atoms with Crippen molar-refractivity contribution < 1.29 is 4.79 Å². The van der Waals surface area contributed by atoms with E-state index in [0.29, 0.717) is 0 Å². The minimum atomic E-state index is 0.104. The fourth-order valence-corrected chi connectivity index (χ4v) is 5.33. The van der Waals surface area contributed by atoms with Gasteiger partial charge in [0.1, 0.15) is 12.2 Å². The van der Waals surface area contributed by atoms with Gasteiger partial charge in [-0.15, -0.1) is 0 Å². The summed E-state index contributed by atoms with van der Waals surface area (Å²) in [7, 11) is 0. The monoisotopic (exact) mass is 422 g/mol. The first-order chi connectivity index (χ1) is 15.3. The molecule has 0 saturated carbocycles. The van der Waals surface area contributed by atoms with Crippen molar-refractivity contribution in [3.63, 3.8) is 0 Å². The van der Waals surface area contributed by atoms with E-state index in [-0.39, 0.29) is 11.8 Å². The van der Waals surface area contributed by atoms with Gasteiger partial charge in [0.25, 0.3) is 0 Å². The van der Waals surface area contributed by atoms with Crippen LogP contribution in [0.2, 0.25) is 0 Å². The fourth-order valence-electron chi connectivity index (χ4n) is 5.33. The van der Waals surface area contributed by atoms with Crippen molar-refractivity contribution in [2.24, 2.45) is 5.92 Å². The van der Waals surface area contributed by atoms with Gasteiger partial charge in [-0.25, -0.2) is 15.0 Å². The van der Waals surface area contributed by atoms with Crippen LogP contribution in [0, 0.1) is 5.92 Å². The molecule has 5 rings (SSSR count). The highest BCUT2D eigenvalue weighted by Gasteiger charge is 2.28. The first kappa shape index (κ1) is 20.5. The minimum absolute atomic E-state index is 0.104. The average Bonchev–Trinajstić information content (AvgIpc) is 3.00. The molecule has 2 aromatic rings. The molecule has 0 bridgehead atoms. The van der Waals surface area contributed by atoms with E-state index in [2.05, 4.69) is 30.8 Å². The summed E-state index contributed by atoms with van der Waals surface area (Å²) in [6, 6.07) is 0. The molecule has 166 valence electrons. The molecule has 1 saturated heterocycles. The van der Waals surface area contributed by atoms with E-state index >= 15 is 0 Å². The predicted molar refractivity (Wildman–Crippen MR) is 122 cm³/mol. The zero-order chi connectivity index (χ0) is 21.0. The summed E-state index contributed by atoms with van der Waals surface area (Å²) in [5, 5.41) is 3.18. The lowest BCUT2D eigenvalue weighted by Crippen LogP contribution is -2.41. The van der Waals surface area contributed by atoms with Gasteiger partial charge in [-0.2, -0.15) is 0 Å². The molecule has 1 amide bonds. The summed E-state index contributed by atoms with van der Waals surface area (Å²) in [6.07, 6.45) is 16.5. The Hall–Kier alpha value is -2.44. The standard InChI is InChI=1S/C24H34N6O/c31-24(25-13-10-18-7-3-1-4-8-18)19-11-15-29(16-12-19)22-21-23(27-17-26-22)30-14-6-2-5-9-20(30)28-21/h7,17,19H,1-6,8-16H2,(H,25,31). The molecule has 2 aromatic heterocycles. The summed E-state index contributed by atoms with van der Waals surface area (Å²) in [5.74, 6) is 2.41. The van der Waals surface area contributed by atoms with Gasteiger partial charge in [0, 0.05) is 38.5 Å². The Kier molecular flexibility index (Phi) is 6.18. The molecular formula is C24H34N6O. The van der Waals surface area contributed by atoms with Crippen LogP contribution in [0.15, 0.2) is 18.0 Å². The van der Waals surface area contributed by atoms with Gasteiger partial charge in [0.2, 0.25) is 5.91 Å². The van der Waals surface area contributed by atoms with Crippen LogP contribution in [0.4, 0.5) is 5.82 Å². The van der Waals surface area contributed by atoms with Crippen LogP contribution in [-0.2, 0) is 17.8 Å². The van der Waals surface area contributed by atoms with Gasteiger partial charge in [0.05, 0.1) is 0 Å². The van der Waals surface area contributed by atoms with Gasteiger partial charge >= 0.3 is 0 Å². The number of carbonyl (C=O) groups excluding carboxylic acids is 1. The molecule has 7 heteroatoms. The van der Waals surface area contributed by atoms with Crippen LogP contribution >= 0.6 is 0 Å². The molecule has 1 N–H and O–H groups in total. The number of carbonyl (C=O) groups is 1. The molecule has 3 aliphatic rings. The molecular weight excluding hydrogens is 388 g/mol. The summed E-state index contributed by atoms with van der Waals surface area (Å²) in [5.41, 5.74) is 3.43. The van der Waals surface area contributed by atoms with Gasteiger partial charge in [-0.3, -0.25) is 4.79 Å². The first-order valence-electron chi connectivity index (χ1n) is 12.2. The molecule has 4 heterocycles. The Morgan fingerprint density at radius 1 is 1.03 bits per heavy atom. The molecule has 2 aliphatic heterocycles. The second kappa shape index (κ2) is 9.37. The third kappa shape index (κ3) is 4.46. The molecule has 0 radical (unpaired) electrons. The summed E-state index contributed by atoms with van der Waals surface area (Å²) >= 11 is 0. The smallest absolute Gasteiger partial charge is 0.223 e. The third-order valence-electron chi connectivity index (χ3n) is 7.17. The normalized spacial score (nSPS) is 20.3. The molecule has 7 nitrogen and oxygen atoms in total. The van der Waals surface area contributed by atoms with Crippen LogP contribution in [0.25, 0.3) is 11.2 Å². The first-order valence-corrected chi connectivity index (χ1v) is 12.2. The number of fused-ring (bicyclic) bond motifs is 3. The summed E-state index contributed by atoms with van der Waals surface area (Å²) in [6.45, 7) is 3.47. The maximum Gasteiger partial charge on any atom is 0.223 e. The highest BCUT2D eigenvalue weighted by Crippen LogP contribution is 2.29. The Morgan fingerprint density at radius 2 is 1.90 bits per heavy atom. The Labute approximate surface area is 184 Å². The van der Waals surface area contributed by atoms with Crippen molar-refractivity contribution in [2.75, 3.05) is 24.5 Å². The highest BCUT2D eigenvalue weighted by molar-refractivity contribution is 5.84. The van der Waals surface area contributed by atoms with Crippen LogP contribution in [0.5, 0.6) is 0 Å². The number of imidazole rings is 1. The van der Waals surface area contributed by atoms with Crippen molar-refractivity contribution in [1.82, 2.24) is 24.8 Å². The number of hydrogen-bond acceptors (Lipinski definition) is 5. The lowest BCUT2D eigenvalue weighted by Gasteiger charge is -2.32. The average molecular weight is 423 g/mol. The minimum Gasteiger partial charge on any atom is -0.356 e. The van der Waals surface area contributed by atoms with Gasteiger partial charge in [-0.05, 0) is 57.8 Å². The number of rotatable bonds is 5. The quantitative estimate of drug-likeness (QED) is 0.742. The molecule has 31 heavy (non-hydrogen) atoms. The van der Waals surface area contributed by atoms with Crippen LogP contribution < -0.4 is 10.2 Å². The third-order valence-corrected chi connectivity index (χ3v) is 7.17. The largest absolute Gasteiger partial charge is 0.356 e. The Balaban J connectivity index is 1.19. The van der Waals surface area contributed by atoms with E-state index in [1.807, 2.05) is 0 Å². The molecule has 0 spiro atoms.